The Labute approximate surface area is 160 Å². The highest BCUT2D eigenvalue weighted by Gasteiger charge is 1.99. The SMILES string of the molecule is COC(=O)CCCCCCCCC=CCCCCCCCCC(=O)OC. The van der Waals surface area contributed by atoms with Gasteiger partial charge in [-0.3, -0.25) is 9.59 Å². The van der Waals surface area contributed by atoms with Crippen molar-refractivity contribution in [2.24, 2.45) is 0 Å². The van der Waals surface area contributed by atoms with E-state index in [2.05, 4.69) is 21.6 Å². The minimum absolute atomic E-state index is 0.0892. The molecule has 4 nitrogen and oxygen atoms in total. The van der Waals surface area contributed by atoms with E-state index in [0.717, 1.165) is 25.7 Å². The summed E-state index contributed by atoms with van der Waals surface area (Å²) in [4.78, 5) is 21.9. The van der Waals surface area contributed by atoms with E-state index in [9.17, 15) is 9.59 Å². The van der Waals surface area contributed by atoms with Crippen molar-refractivity contribution in [3.63, 3.8) is 0 Å². The van der Waals surface area contributed by atoms with Crippen LogP contribution in [0.25, 0.3) is 0 Å². The van der Waals surface area contributed by atoms with Crippen molar-refractivity contribution in [1.29, 1.82) is 0 Å². The van der Waals surface area contributed by atoms with E-state index in [1.54, 1.807) is 0 Å². The molecule has 0 heterocycles. The van der Waals surface area contributed by atoms with Gasteiger partial charge in [0.05, 0.1) is 14.2 Å². The first-order valence-corrected chi connectivity index (χ1v) is 10.5. The molecule has 26 heavy (non-hydrogen) atoms. The summed E-state index contributed by atoms with van der Waals surface area (Å²) < 4.78 is 9.26. The highest BCUT2D eigenvalue weighted by Crippen LogP contribution is 2.11. The average molecular weight is 369 g/mol. The number of hydrogen-bond donors (Lipinski definition) is 0. The molecule has 152 valence electrons. The number of allylic oxidation sites excluding steroid dienone is 2. The number of rotatable bonds is 18. The Morgan fingerprint density at radius 2 is 0.846 bits per heavy atom. The Balaban J connectivity index is 3.15. The van der Waals surface area contributed by atoms with Gasteiger partial charge in [0.25, 0.3) is 0 Å². The molecule has 0 spiro atoms. The van der Waals surface area contributed by atoms with Crippen LogP contribution in [0.1, 0.15) is 103 Å². The first-order chi connectivity index (χ1) is 12.7. The molecule has 0 amide bonds. The lowest BCUT2D eigenvalue weighted by Crippen LogP contribution is -1.99. The van der Waals surface area contributed by atoms with Gasteiger partial charge in [-0.15, -0.1) is 0 Å². The highest BCUT2D eigenvalue weighted by molar-refractivity contribution is 5.69. The first-order valence-electron chi connectivity index (χ1n) is 10.5. The predicted molar refractivity (Wildman–Crippen MR) is 107 cm³/mol. The molecule has 0 aliphatic rings. The molecular formula is C22H40O4. The third-order valence-electron chi connectivity index (χ3n) is 4.63. The standard InChI is InChI=1S/C22H40O4/c1-25-21(23)19-17-15-13-11-9-7-5-3-4-6-8-10-12-14-16-18-20-22(24)26-2/h3-4H,5-20H2,1-2H3. The molecule has 4 heteroatoms. The number of carbonyl (C=O) groups is 2. The molecule has 0 atom stereocenters. The molecule has 0 saturated carbocycles. The fourth-order valence-corrected chi connectivity index (χ4v) is 2.92. The summed E-state index contributed by atoms with van der Waals surface area (Å²) >= 11 is 0. The smallest absolute Gasteiger partial charge is 0.305 e. The number of carbonyl (C=O) groups excluding carboxylic acids is 2. The third kappa shape index (κ3) is 19.0. The van der Waals surface area contributed by atoms with E-state index in [1.807, 2.05) is 0 Å². The number of methoxy groups -OCH3 is 2. The molecule has 0 saturated heterocycles. The van der Waals surface area contributed by atoms with Gasteiger partial charge < -0.3 is 9.47 Å². The minimum atomic E-state index is -0.0892. The van der Waals surface area contributed by atoms with Gasteiger partial charge >= 0.3 is 11.9 Å². The van der Waals surface area contributed by atoms with E-state index in [1.165, 1.54) is 78.4 Å². The van der Waals surface area contributed by atoms with Crippen molar-refractivity contribution in [3.05, 3.63) is 12.2 Å². The zero-order chi connectivity index (χ0) is 19.3. The molecule has 0 unspecified atom stereocenters. The van der Waals surface area contributed by atoms with Crippen molar-refractivity contribution in [2.45, 2.75) is 103 Å². The van der Waals surface area contributed by atoms with Crippen LogP contribution in [0.2, 0.25) is 0 Å². The van der Waals surface area contributed by atoms with Crippen LogP contribution >= 0.6 is 0 Å². The van der Waals surface area contributed by atoms with E-state index in [-0.39, 0.29) is 11.9 Å². The minimum Gasteiger partial charge on any atom is -0.469 e. The molecule has 0 bridgehead atoms. The molecule has 0 rings (SSSR count). The molecular weight excluding hydrogens is 328 g/mol. The summed E-state index contributed by atoms with van der Waals surface area (Å²) in [6.45, 7) is 0. The number of esters is 2. The Morgan fingerprint density at radius 1 is 0.538 bits per heavy atom. The van der Waals surface area contributed by atoms with Crippen molar-refractivity contribution in [1.82, 2.24) is 0 Å². The lowest BCUT2D eigenvalue weighted by atomic mass is 10.1. The fourth-order valence-electron chi connectivity index (χ4n) is 2.92. The molecule has 0 aliphatic carbocycles. The van der Waals surface area contributed by atoms with Gasteiger partial charge in [0.1, 0.15) is 0 Å². The number of unbranched alkanes of at least 4 members (excludes halogenated alkanes) is 12. The third-order valence-corrected chi connectivity index (χ3v) is 4.63. The number of hydrogen-bond acceptors (Lipinski definition) is 4. The Hall–Kier alpha value is -1.32. The maximum atomic E-state index is 11.0. The normalized spacial score (nSPS) is 11.0. The van der Waals surface area contributed by atoms with Crippen LogP contribution in [-0.4, -0.2) is 26.2 Å². The highest BCUT2D eigenvalue weighted by atomic mass is 16.5. The Bertz CT molecular complexity index is 329. The zero-order valence-corrected chi connectivity index (χ0v) is 17.1. The summed E-state index contributed by atoms with van der Waals surface area (Å²) in [7, 11) is 2.90. The van der Waals surface area contributed by atoms with Crippen LogP contribution in [-0.2, 0) is 19.1 Å². The molecule has 0 radical (unpaired) electrons. The van der Waals surface area contributed by atoms with Crippen LogP contribution in [0, 0.1) is 0 Å². The largest absolute Gasteiger partial charge is 0.469 e. The first kappa shape index (κ1) is 24.7. The summed E-state index contributed by atoms with van der Waals surface area (Å²) in [5.74, 6) is -0.178. The van der Waals surface area contributed by atoms with E-state index >= 15 is 0 Å². The molecule has 0 aliphatic heterocycles. The van der Waals surface area contributed by atoms with E-state index < -0.39 is 0 Å². The predicted octanol–water partition coefficient (Wildman–Crippen LogP) is 6.13. The van der Waals surface area contributed by atoms with Gasteiger partial charge in [-0.05, 0) is 38.5 Å². The number of ether oxygens (including phenoxy) is 2. The van der Waals surface area contributed by atoms with Crippen molar-refractivity contribution in [3.8, 4) is 0 Å². The Kier molecular flexibility index (Phi) is 19.0. The summed E-state index contributed by atoms with van der Waals surface area (Å²) in [5, 5.41) is 0. The lowest BCUT2D eigenvalue weighted by molar-refractivity contribution is -0.141. The summed E-state index contributed by atoms with van der Waals surface area (Å²) in [5.41, 5.74) is 0. The monoisotopic (exact) mass is 368 g/mol. The molecule has 0 fully saturated rings. The van der Waals surface area contributed by atoms with Gasteiger partial charge in [0, 0.05) is 12.8 Å². The van der Waals surface area contributed by atoms with Crippen LogP contribution in [0.15, 0.2) is 12.2 Å². The second-order valence-electron chi connectivity index (χ2n) is 6.94. The van der Waals surface area contributed by atoms with Crippen LogP contribution in [0.3, 0.4) is 0 Å². The quantitative estimate of drug-likeness (QED) is 0.166. The van der Waals surface area contributed by atoms with Crippen molar-refractivity contribution in [2.75, 3.05) is 14.2 Å². The topological polar surface area (TPSA) is 52.6 Å². The molecule has 0 aromatic carbocycles. The van der Waals surface area contributed by atoms with Gasteiger partial charge in [-0.2, -0.15) is 0 Å². The molecule has 0 aromatic rings. The maximum Gasteiger partial charge on any atom is 0.305 e. The second kappa shape index (κ2) is 20.0. The lowest BCUT2D eigenvalue weighted by Gasteiger charge is -2.01. The van der Waals surface area contributed by atoms with E-state index in [4.69, 9.17) is 0 Å². The zero-order valence-electron chi connectivity index (χ0n) is 17.1. The van der Waals surface area contributed by atoms with Crippen LogP contribution < -0.4 is 0 Å². The average Bonchev–Trinajstić information content (AvgIpc) is 2.66. The second-order valence-corrected chi connectivity index (χ2v) is 6.94. The summed E-state index contributed by atoms with van der Waals surface area (Å²) in [6, 6.07) is 0. The van der Waals surface area contributed by atoms with Gasteiger partial charge in [0.15, 0.2) is 0 Å². The molecule has 0 aromatic heterocycles. The van der Waals surface area contributed by atoms with Gasteiger partial charge in [-0.25, -0.2) is 0 Å². The summed E-state index contributed by atoms with van der Waals surface area (Å²) in [6.07, 6.45) is 22.4. The van der Waals surface area contributed by atoms with Gasteiger partial charge in [-0.1, -0.05) is 63.5 Å². The Morgan fingerprint density at radius 3 is 1.19 bits per heavy atom. The fraction of sp³-hybridized carbons (Fsp3) is 0.818. The molecule has 0 N–H and O–H groups in total. The van der Waals surface area contributed by atoms with Crippen molar-refractivity contribution >= 4 is 11.9 Å². The van der Waals surface area contributed by atoms with E-state index in [0.29, 0.717) is 12.8 Å². The van der Waals surface area contributed by atoms with Crippen molar-refractivity contribution < 1.29 is 19.1 Å². The van der Waals surface area contributed by atoms with Crippen LogP contribution in [0.4, 0.5) is 0 Å². The van der Waals surface area contributed by atoms with Crippen LogP contribution in [0.5, 0.6) is 0 Å². The van der Waals surface area contributed by atoms with Gasteiger partial charge in [0.2, 0.25) is 0 Å². The maximum absolute atomic E-state index is 11.0.